The number of likely N-dealkylation sites (N-methyl/N-ethyl adjacent to an activating group) is 1. The molecular formula is C35H44N6O4. The lowest BCUT2D eigenvalue weighted by atomic mass is 10.0. The van der Waals surface area contributed by atoms with Crippen molar-refractivity contribution >= 4 is 34.6 Å². The average molecular weight is 613 g/mol. The summed E-state index contributed by atoms with van der Waals surface area (Å²) < 4.78 is 5.47. The van der Waals surface area contributed by atoms with E-state index < -0.39 is 0 Å². The van der Waals surface area contributed by atoms with Crippen molar-refractivity contribution in [2.45, 2.75) is 46.7 Å². The number of ether oxygens (including phenoxy) is 1. The van der Waals surface area contributed by atoms with E-state index >= 15 is 0 Å². The lowest BCUT2D eigenvalue weighted by molar-refractivity contribution is -0.125. The van der Waals surface area contributed by atoms with Gasteiger partial charge in [0.25, 0.3) is 11.5 Å². The molecule has 5 rings (SSSR count). The fourth-order valence-electron chi connectivity index (χ4n) is 6.32. The quantitative estimate of drug-likeness (QED) is 0.284. The van der Waals surface area contributed by atoms with Crippen molar-refractivity contribution in [3.8, 4) is 0 Å². The van der Waals surface area contributed by atoms with Crippen LogP contribution in [0.4, 0.5) is 22.7 Å². The molecule has 1 aromatic heterocycles. The third-order valence-electron chi connectivity index (χ3n) is 8.72. The van der Waals surface area contributed by atoms with Gasteiger partial charge in [0, 0.05) is 73.6 Å². The van der Waals surface area contributed by atoms with Gasteiger partial charge in [-0.3, -0.25) is 19.3 Å². The Hall–Kier alpha value is -4.41. The third-order valence-corrected chi connectivity index (χ3v) is 8.72. The minimum Gasteiger partial charge on any atom is -0.379 e. The van der Waals surface area contributed by atoms with Gasteiger partial charge in [0.15, 0.2) is 0 Å². The number of rotatable bonds is 10. The minimum atomic E-state index is -0.360. The van der Waals surface area contributed by atoms with E-state index in [9.17, 15) is 14.4 Å². The van der Waals surface area contributed by atoms with Gasteiger partial charge in [-0.2, -0.15) is 0 Å². The summed E-state index contributed by atoms with van der Waals surface area (Å²) in [5.74, 6) is -0.432. The number of H-pyrrole nitrogens is 1. The number of anilines is 4. The van der Waals surface area contributed by atoms with Crippen molar-refractivity contribution in [1.29, 1.82) is 0 Å². The summed E-state index contributed by atoms with van der Waals surface area (Å²) in [6.45, 7) is 17.5. The topological polar surface area (TPSA) is 110 Å². The SMILES string of the molecule is C=CC(=O)N1CCC(N(CC)c2cc(Nc3ccc(CN4CCOCC4)cc3)cc(C(=O)Nc3c(C)cc(C)[nH]c3=O)c2C)C1. The Labute approximate surface area is 265 Å². The van der Waals surface area contributed by atoms with Crippen molar-refractivity contribution in [3.05, 3.63) is 93.4 Å². The number of pyridine rings is 1. The molecule has 1 atom stereocenters. The van der Waals surface area contributed by atoms with E-state index in [1.54, 1.807) is 0 Å². The molecule has 3 heterocycles. The van der Waals surface area contributed by atoms with Gasteiger partial charge in [0.05, 0.1) is 13.2 Å². The van der Waals surface area contributed by atoms with Crippen molar-refractivity contribution in [2.75, 3.05) is 61.5 Å². The first-order valence-corrected chi connectivity index (χ1v) is 15.7. The largest absolute Gasteiger partial charge is 0.379 e. The highest BCUT2D eigenvalue weighted by Crippen LogP contribution is 2.33. The van der Waals surface area contributed by atoms with Crippen LogP contribution in [-0.4, -0.2) is 78.6 Å². The number of nitrogens with one attached hydrogen (secondary N) is 3. The number of likely N-dealkylation sites (tertiary alicyclic amines) is 1. The molecule has 0 aliphatic carbocycles. The van der Waals surface area contributed by atoms with Gasteiger partial charge in [-0.15, -0.1) is 0 Å². The van der Waals surface area contributed by atoms with Crippen LogP contribution in [-0.2, 0) is 16.1 Å². The van der Waals surface area contributed by atoms with Crippen LogP contribution in [0.5, 0.6) is 0 Å². The number of nitrogens with zero attached hydrogens (tertiary/aromatic N) is 3. The number of hydrogen-bond acceptors (Lipinski definition) is 7. The second-order valence-electron chi connectivity index (χ2n) is 11.9. The van der Waals surface area contributed by atoms with E-state index in [2.05, 4.69) is 69.3 Å². The molecule has 2 saturated heterocycles. The first kappa shape index (κ1) is 32.0. The van der Waals surface area contributed by atoms with Gasteiger partial charge in [-0.1, -0.05) is 18.7 Å². The van der Waals surface area contributed by atoms with E-state index in [0.29, 0.717) is 30.8 Å². The molecular weight excluding hydrogens is 568 g/mol. The minimum absolute atomic E-state index is 0.0727. The zero-order valence-corrected chi connectivity index (χ0v) is 26.7. The number of carbonyl (C=O) groups is 2. The van der Waals surface area contributed by atoms with E-state index in [1.807, 2.05) is 37.8 Å². The van der Waals surface area contributed by atoms with Crippen LogP contribution in [0, 0.1) is 20.8 Å². The molecule has 1 unspecified atom stereocenters. The van der Waals surface area contributed by atoms with Gasteiger partial charge in [-0.05, 0) is 87.2 Å². The van der Waals surface area contributed by atoms with Crippen LogP contribution in [0.3, 0.4) is 0 Å². The van der Waals surface area contributed by atoms with Crippen LogP contribution in [0.15, 0.2) is 59.9 Å². The Morgan fingerprint density at radius 3 is 2.47 bits per heavy atom. The van der Waals surface area contributed by atoms with Crippen LogP contribution >= 0.6 is 0 Å². The van der Waals surface area contributed by atoms with Crippen LogP contribution in [0.25, 0.3) is 0 Å². The summed E-state index contributed by atoms with van der Waals surface area (Å²) in [6, 6.07) is 14.2. The molecule has 238 valence electrons. The first-order chi connectivity index (χ1) is 21.7. The molecule has 2 aliphatic heterocycles. The Bertz CT molecular complexity index is 1610. The molecule has 0 spiro atoms. The standard InChI is InChI=1S/C35H44N6O4/c1-6-32(42)40-13-12-29(22-40)41(7-2)31-20-28(37-27-10-8-26(9-11-27)21-39-14-16-45-17-15-39)19-30(25(31)5)34(43)38-33-23(3)18-24(4)36-35(33)44/h6,8-11,18-20,29,37H,1,7,12-17,21-22H2,2-5H3,(H,36,44)(H,38,43). The van der Waals surface area contributed by atoms with Crippen LogP contribution in [0.2, 0.25) is 0 Å². The summed E-state index contributed by atoms with van der Waals surface area (Å²) >= 11 is 0. The van der Waals surface area contributed by atoms with Crippen LogP contribution < -0.4 is 21.1 Å². The van der Waals surface area contributed by atoms with Gasteiger partial charge in [0.2, 0.25) is 5.91 Å². The average Bonchev–Trinajstić information content (AvgIpc) is 3.51. The van der Waals surface area contributed by atoms with E-state index in [0.717, 1.165) is 67.6 Å². The molecule has 3 N–H and O–H groups in total. The maximum absolute atomic E-state index is 13.8. The molecule has 2 fully saturated rings. The lowest BCUT2D eigenvalue weighted by Crippen LogP contribution is -2.39. The van der Waals surface area contributed by atoms with Crippen LogP contribution in [0.1, 0.15) is 46.1 Å². The zero-order chi connectivity index (χ0) is 32.1. The predicted molar refractivity (Wildman–Crippen MR) is 180 cm³/mol. The second-order valence-corrected chi connectivity index (χ2v) is 11.9. The smallest absolute Gasteiger partial charge is 0.272 e. The third kappa shape index (κ3) is 7.46. The molecule has 0 bridgehead atoms. The predicted octanol–water partition coefficient (Wildman–Crippen LogP) is 4.74. The number of amides is 2. The van der Waals surface area contributed by atoms with Gasteiger partial charge in [-0.25, -0.2) is 0 Å². The summed E-state index contributed by atoms with van der Waals surface area (Å²) in [7, 11) is 0. The van der Waals surface area contributed by atoms with Gasteiger partial charge in [0.1, 0.15) is 5.69 Å². The molecule has 10 heteroatoms. The normalized spacial score (nSPS) is 16.8. The highest BCUT2D eigenvalue weighted by molar-refractivity contribution is 6.07. The number of benzene rings is 2. The summed E-state index contributed by atoms with van der Waals surface area (Å²) in [5, 5.41) is 6.39. The molecule has 2 amide bonds. The molecule has 3 aromatic rings. The zero-order valence-electron chi connectivity index (χ0n) is 26.7. The van der Waals surface area contributed by atoms with Crippen molar-refractivity contribution in [1.82, 2.24) is 14.8 Å². The molecule has 45 heavy (non-hydrogen) atoms. The molecule has 2 aromatic carbocycles. The molecule has 2 aliphatic rings. The number of hydrogen-bond donors (Lipinski definition) is 3. The van der Waals surface area contributed by atoms with Crippen molar-refractivity contribution < 1.29 is 14.3 Å². The Balaban J connectivity index is 1.46. The molecule has 0 saturated carbocycles. The number of aromatic amines is 1. The van der Waals surface area contributed by atoms with E-state index in [1.165, 1.54) is 11.6 Å². The molecule has 0 radical (unpaired) electrons. The second kappa shape index (κ2) is 14.1. The highest BCUT2D eigenvalue weighted by atomic mass is 16.5. The lowest BCUT2D eigenvalue weighted by Gasteiger charge is -2.32. The molecule has 10 nitrogen and oxygen atoms in total. The van der Waals surface area contributed by atoms with E-state index in [-0.39, 0.29) is 29.1 Å². The first-order valence-electron chi connectivity index (χ1n) is 15.7. The van der Waals surface area contributed by atoms with Gasteiger partial charge >= 0.3 is 0 Å². The van der Waals surface area contributed by atoms with E-state index in [4.69, 9.17) is 4.74 Å². The van der Waals surface area contributed by atoms with Crippen molar-refractivity contribution in [2.24, 2.45) is 0 Å². The maximum atomic E-state index is 13.8. The Morgan fingerprint density at radius 2 is 1.80 bits per heavy atom. The summed E-state index contributed by atoms with van der Waals surface area (Å²) in [6.07, 6.45) is 2.17. The number of carbonyl (C=O) groups excluding carboxylic acids is 2. The fraction of sp³-hybridized carbons (Fsp3) is 0.400. The summed E-state index contributed by atoms with van der Waals surface area (Å²) in [5.41, 5.74) is 6.39. The number of aryl methyl sites for hydroxylation is 2. The fourth-order valence-corrected chi connectivity index (χ4v) is 6.32. The Morgan fingerprint density at radius 1 is 1.07 bits per heavy atom. The Kier molecular flexibility index (Phi) is 10.0. The highest BCUT2D eigenvalue weighted by Gasteiger charge is 2.31. The number of aromatic nitrogens is 1. The number of morpholine rings is 1. The maximum Gasteiger partial charge on any atom is 0.272 e. The van der Waals surface area contributed by atoms with Gasteiger partial charge < -0.3 is 30.2 Å². The van der Waals surface area contributed by atoms with Crippen molar-refractivity contribution in [3.63, 3.8) is 0 Å². The summed E-state index contributed by atoms with van der Waals surface area (Å²) in [4.78, 5) is 48.2. The monoisotopic (exact) mass is 612 g/mol.